The van der Waals surface area contributed by atoms with Gasteiger partial charge in [0.25, 0.3) is 0 Å². The largest absolute Gasteiger partial charge is 0.466 e. The molecule has 0 aliphatic heterocycles. The molecule has 4 aliphatic carbocycles. The molecule has 4 aliphatic rings. The SMILES string of the molecule is CCOC(=O)Cc1ccc(Sc2cccc(NC(=O)N(C(C)c3ccccc3)C34CC5CC(CC(C5)C3)C4)c2)cc1. The molecule has 0 radical (unpaired) electrons. The van der Waals surface area contributed by atoms with Gasteiger partial charge in [0.15, 0.2) is 0 Å². The van der Waals surface area contributed by atoms with Crippen LogP contribution < -0.4 is 5.32 Å². The monoisotopic (exact) mass is 568 g/mol. The number of nitrogens with one attached hydrogen (secondary N) is 1. The van der Waals surface area contributed by atoms with Crippen molar-refractivity contribution in [3.8, 4) is 0 Å². The zero-order valence-corrected chi connectivity index (χ0v) is 24.9. The van der Waals surface area contributed by atoms with Crippen LogP contribution in [0.2, 0.25) is 0 Å². The van der Waals surface area contributed by atoms with Gasteiger partial charge in [-0.2, -0.15) is 0 Å². The lowest BCUT2D eigenvalue weighted by Crippen LogP contribution is -2.62. The Hall–Kier alpha value is -3.25. The minimum absolute atomic E-state index is 0.00173. The van der Waals surface area contributed by atoms with Crippen molar-refractivity contribution >= 4 is 29.4 Å². The molecular weight excluding hydrogens is 528 g/mol. The topological polar surface area (TPSA) is 58.6 Å². The summed E-state index contributed by atoms with van der Waals surface area (Å²) in [7, 11) is 0. The Kier molecular flexibility index (Phi) is 8.12. The van der Waals surface area contributed by atoms with Crippen LogP contribution in [0.4, 0.5) is 10.5 Å². The number of urea groups is 1. The number of esters is 1. The summed E-state index contributed by atoms with van der Waals surface area (Å²) in [6.07, 6.45) is 7.71. The van der Waals surface area contributed by atoms with Gasteiger partial charge in [0.2, 0.25) is 0 Å². The average Bonchev–Trinajstić information content (AvgIpc) is 2.94. The molecule has 1 unspecified atom stereocenters. The van der Waals surface area contributed by atoms with E-state index in [0.29, 0.717) is 6.61 Å². The Morgan fingerprint density at radius 2 is 1.56 bits per heavy atom. The van der Waals surface area contributed by atoms with Crippen LogP contribution in [0.15, 0.2) is 88.7 Å². The number of hydrogen-bond acceptors (Lipinski definition) is 4. The van der Waals surface area contributed by atoms with Crippen LogP contribution >= 0.6 is 11.8 Å². The van der Waals surface area contributed by atoms with Gasteiger partial charge in [0.1, 0.15) is 0 Å². The quantitative estimate of drug-likeness (QED) is 0.263. The number of hydrogen-bond donors (Lipinski definition) is 1. The van der Waals surface area contributed by atoms with E-state index >= 15 is 0 Å². The summed E-state index contributed by atoms with van der Waals surface area (Å²) in [5, 5.41) is 3.31. The normalized spacial score (nSPS) is 25.0. The predicted molar refractivity (Wildman–Crippen MR) is 164 cm³/mol. The molecule has 4 saturated carbocycles. The van der Waals surface area contributed by atoms with E-state index < -0.39 is 0 Å². The molecule has 4 fully saturated rings. The van der Waals surface area contributed by atoms with Gasteiger partial charge in [-0.15, -0.1) is 0 Å². The number of carbonyl (C=O) groups excluding carboxylic acids is 2. The van der Waals surface area contributed by atoms with Gasteiger partial charge in [-0.1, -0.05) is 60.3 Å². The van der Waals surface area contributed by atoms with Crippen LogP contribution in [-0.2, 0) is 16.0 Å². The minimum atomic E-state index is -0.208. The molecule has 5 nitrogen and oxygen atoms in total. The smallest absolute Gasteiger partial charge is 0.322 e. The second-order valence-corrected chi connectivity index (χ2v) is 13.4. The third-order valence-corrected chi connectivity index (χ3v) is 10.3. The zero-order chi connectivity index (χ0) is 28.4. The molecule has 41 heavy (non-hydrogen) atoms. The van der Waals surface area contributed by atoms with Crippen molar-refractivity contribution in [3.05, 3.63) is 90.0 Å². The van der Waals surface area contributed by atoms with Crippen molar-refractivity contribution in [2.24, 2.45) is 17.8 Å². The van der Waals surface area contributed by atoms with E-state index in [0.717, 1.165) is 58.1 Å². The summed E-state index contributed by atoms with van der Waals surface area (Å²) in [4.78, 5) is 30.4. The van der Waals surface area contributed by atoms with Gasteiger partial charge >= 0.3 is 12.0 Å². The Morgan fingerprint density at radius 3 is 2.20 bits per heavy atom. The fourth-order valence-electron chi connectivity index (χ4n) is 8.05. The summed E-state index contributed by atoms with van der Waals surface area (Å²) in [5.41, 5.74) is 2.88. The minimum Gasteiger partial charge on any atom is -0.466 e. The van der Waals surface area contributed by atoms with E-state index in [9.17, 15) is 9.59 Å². The molecule has 3 aromatic carbocycles. The first-order chi connectivity index (χ1) is 19.9. The van der Waals surface area contributed by atoms with Crippen molar-refractivity contribution in [3.63, 3.8) is 0 Å². The van der Waals surface area contributed by atoms with Crippen molar-refractivity contribution in [2.45, 2.75) is 80.2 Å². The van der Waals surface area contributed by atoms with E-state index in [1.807, 2.05) is 49.4 Å². The van der Waals surface area contributed by atoms with Gasteiger partial charge in [-0.3, -0.25) is 4.79 Å². The molecule has 6 heteroatoms. The molecule has 0 aromatic heterocycles. The van der Waals surface area contributed by atoms with Crippen molar-refractivity contribution in [1.82, 2.24) is 4.90 Å². The summed E-state index contributed by atoms with van der Waals surface area (Å²) in [6, 6.07) is 26.6. The van der Waals surface area contributed by atoms with Crippen molar-refractivity contribution < 1.29 is 14.3 Å². The molecular formula is C35H40N2O3S. The average molecular weight is 569 g/mol. The maximum Gasteiger partial charge on any atom is 0.322 e. The summed E-state index contributed by atoms with van der Waals surface area (Å²) in [6.45, 7) is 4.41. The maximum atomic E-state index is 14.3. The van der Waals surface area contributed by atoms with Crippen LogP contribution in [-0.4, -0.2) is 29.0 Å². The third kappa shape index (κ3) is 6.18. The van der Waals surface area contributed by atoms with Crippen molar-refractivity contribution in [2.75, 3.05) is 11.9 Å². The number of rotatable bonds is 9. The molecule has 0 saturated heterocycles. The first kappa shape index (κ1) is 27.9. The van der Waals surface area contributed by atoms with Gasteiger partial charge in [0, 0.05) is 21.0 Å². The second-order valence-electron chi connectivity index (χ2n) is 12.3. The summed E-state index contributed by atoms with van der Waals surface area (Å²) >= 11 is 1.64. The Labute approximate surface area is 248 Å². The first-order valence-electron chi connectivity index (χ1n) is 15.1. The summed E-state index contributed by atoms with van der Waals surface area (Å²) in [5.74, 6) is 2.05. The van der Waals surface area contributed by atoms with Gasteiger partial charge in [-0.05, 0) is 112 Å². The van der Waals surface area contributed by atoms with E-state index in [2.05, 4.69) is 53.5 Å². The Balaban J connectivity index is 1.19. The number of amides is 2. The number of nitrogens with zero attached hydrogens (tertiary/aromatic N) is 1. The highest BCUT2D eigenvalue weighted by atomic mass is 32.2. The van der Waals surface area contributed by atoms with Crippen LogP contribution in [0.1, 0.15) is 69.5 Å². The van der Waals surface area contributed by atoms with Crippen molar-refractivity contribution in [1.29, 1.82) is 0 Å². The van der Waals surface area contributed by atoms with Crippen LogP contribution in [0.5, 0.6) is 0 Å². The maximum absolute atomic E-state index is 14.3. The molecule has 2 amide bonds. The molecule has 0 spiro atoms. The highest BCUT2D eigenvalue weighted by Gasteiger charge is 2.55. The van der Waals surface area contributed by atoms with E-state index in [4.69, 9.17) is 4.74 Å². The number of ether oxygens (including phenoxy) is 1. The van der Waals surface area contributed by atoms with Crippen LogP contribution in [0.3, 0.4) is 0 Å². The van der Waals surface area contributed by atoms with E-state index in [1.54, 1.807) is 11.8 Å². The summed E-state index contributed by atoms with van der Waals surface area (Å²) < 4.78 is 5.06. The molecule has 1 atom stereocenters. The van der Waals surface area contributed by atoms with Gasteiger partial charge in [-0.25, -0.2) is 4.79 Å². The van der Waals surface area contributed by atoms with Gasteiger partial charge in [0.05, 0.1) is 19.1 Å². The van der Waals surface area contributed by atoms with E-state index in [1.165, 1.54) is 24.8 Å². The lowest BCUT2D eigenvalue weighted by atomic mass is 9.52. The molecule has 0 heterocycles. The third-order valence-electron chi connectivity index (χ3n) is 9.30. The Morgan fingerprint density at radius 1 is 0.902 bits per heavy atom. The fourth-order valence-corrected chi connectivity index (χ4v) is 8.93. The zero-order valence-electron chi connectivity index (χ0n) is 24.1. The molecule has 7 rings (SSSR count). The number of carbonyl (C=O) groups is 2. The fraction of sp³-hybridized carbons (Fsp3) is 0.429. The molecule has 214 valence electrons. The lowest BCUT2D eigenvalue weighted by Gasteiger charge is -2.61. The number of benzene rings is 3. The van der Waals surface area contributed by atoms with E-state index in [-0.39, 0.29) is 30.0 Å². The molecule has 1 N–H and O–H groups in total. The standard InChI is InChI=1S/C35H40N2O3S/c1-3-40-33(38)19-25-12-14-31(15-13-25)41-32-11-7-10-30(20-32)36-34(39)37(24(2)29-8-5-4-6-9-29)35-21-26-16-27(22-35)18-28(17-26)23-35/h4-15,20,24,26-28H,3,16-19,21-23H2,1-2H3,(H,36,39). The van der Waals surface area contributed by atoms with Crippen LogP contribution in [0.25, 0.3) is 0 Å². The molecule has 3 aromatic rings. The highest BCUT2D eigenvalue weighted by Crippen LogP contribution is 2.59. The first-order valence-corrected chi connectivity index (χ1v) is 15.9. The van der Waals surface area contributed by atoms with Gasteiger partial charge < -0.3 is 15.0 Å². The second kappa shape index (κ2) is 11.9. The number of anilines is 1. The highest BCUT2D eigenvalue weighted by molar-refractivity contribution is 7.99. The van der Waals surface area contributed by atoms with Crippen LogP contribution in [0, 0.1) is 17.8 Å². The Bertz CT molecular complexity index is 1340. The lowest BCUT2D eigenvalue weighted by molar-refractivity contribution is -0.142. The molecule has 4 bridgehead atoms. The predicted octanol–water partition coefficient (Wildman–Crippen LogP) is 8.51.